The van der Waals surface area contributed by atoms with E-state index in [9.17, 15) is 9.59 Å². The van der Waals surface area contributed by atoms with Crippen molar-refractivity contribution in [2.24, 2.45) is 98.6 Å². The maximum absolute atomic E-state index is 13.4. The van der Waals surface area contributed by atoms with Gasteiger partial charge in [-0.25, -0.2) is 0 Å². The molecule has 0 radical (unpaired) electrons. The summed E-state index contributed by atoms with van der Waals surface area (Å²) in [5, 5.41) is 0. The highest BCUT2D eigenvalue weighted by Crippen LogP contribution is 2.69. The molecule has 0 aliphatic heterocycles. The number of allylic oxidation sites excluding steroid dienone is 2. The smallest absolute Gasteiger partial charge is 0.306 e. The number of esters is 2. The van der Waals surface area contributed by atoms with Gasteiger partial charge in [0, 0.05) is 25.7 Å². The second kappa shape index (κ2) is 19.4. The second-order valence-corrected chi connectivity index (χ2v) is 26.8. The van der Waals surface area contributed by atoms with Crippen molar-refractivity contribution in [2.45, 2.75) is 242 Å². The standard InChI is InChI=1S/C60H98O4/c1-38(2)14-12-16-41(6)49-22-24-51-47-20-18-43-36-45(26-30-57(43,8)53(47)28-32-59(49,51)10)63-55(61)34-40(5)35-56(62)64-46-27-31-58(9)44(37-46)19-21-48-52-25-23-50(42(7)17-13-15-39(3)4)60(52,11)33-29-54(48)58/h18-19,38-42,45-54H,12-17,20-37H2,1-11H3/t41-,42-,45+,46+,47+,48+,49-,50-,51+,52+,53+,54+,57+,58+,59-,60-/m1/s1. The third-order valence-corrected chi connectivity index (χ3v) is 22.1. The minimum atomic E-state index is -0.135. The molecule has 0 aromatic carbocycles. The van der Waals surface area contributed by atoms with Crippen LogP contribution < -0.4 is 0 Å². The molecular formula is C60H98O4. The van der Waals surface area contributed by atoms with Crippen molar-refractivity contribution in [3.8, 4) is 0 Å². The summed E-state index contributed by atoms with van der Waals surface area (Å²) in [6.07, 6.45) is 33.8. The van der Waals surface area contributed by atoms with Gasteiger partial charge in [-0.1, -0.05) is 138 Å². The molecule has 0 N–H and O–H groups in total. The molecule has 0 heterocycles. The molecule has 8 rings (SSSR count). The van der Waals surface area contributed by atoms with Crippen molar-refractivity contribution in [3.63, 3.8) is 0 Å². The molecule has 0 aromatic heterocycles. The largest absolute Gasteiger partial charge is 0.462 e. The third kappa shape index (κ3) is 9.43. The van der Waals surface area contributed by atoms with Crippen LogP contribution in [-0.4, -0.2) is 24.1 Å². The fourth-order valence-electron chi connectivity index (χ4n) is 18.6. The number of carbonyl (C=O) groups excluding carboxylic acids is 2. The van der Waals surface area contributed by atoms with Crippen molar-refractivity contribution in [1.82, 2.24) is 0 Å². The molecule has 0 aromatic rings. The van der Waals surface area contributed by atoms with Crippen LogP contribution in [0.2, 0.25) is 0 Å². The normalized spacial score (nSPS) is 42.8. The molecule has 4 heteroatoms. The Morgan fingerprint density at radius 2 is 0.938 bits per heavy atom. The SMILES string of the molecule is CC(C)CCC[C@@H](C)[C@H]1CC[C@H]2[C@@H]3CC=C4C[C@@H](OC(=O)CC(C)CC(=O)O[C@H]5CC[C@@]6(C)C(=CC[C@H]7[C@@H]8CC[C@H]([C@H](C)CCCC(C)C)[C@@]8(C)CC[C@@H]76)C5)CC[C@]4(C)[C@H]3CC[C@]12C. The molecule has 16 atom stereocenters. The predicted octanol–water partition coefficient (Wildman–Crippen LogP) is 16.3. The van der Waals surface area contributed by atoms with Gasteiger partial charge in [-0.3, -0.25) is 9.59 Å². The number of ether oxygens (including phenoxy) is 2. The van der Waals surface area contributed by atoms with Crippen LogP contribution >= 0.6 is 0 Å². The molecule has 0 spiro atoms. The van der Waals surface area contributed by atoms with Gasteiger partial charge in [-0.15, -0.1) is 0 Å². The Bertz CT molecular complexity index is 1580. The molecule has 6 saturated carbocycles. The quantitative estimate of drug-likeness (QED) is 0.114. The highest BCUT2D eigenvalue weighted by atomic mass is 16.5. The van der Waals surface area contributed by atoms with Crippen LogP contribution in [0.1, 0.15) is 230 Å². The fraction of sp³-hybridized carbons (Fsp3) is 0.900. The zero-order valence-corrected chi connectivity index (χ0v) is 43.4. The Morgan fingerprint density at radius 3 is 1.33 bits per heavy atom. The summed E-state index contributed by atoms with van der Waals surface area (Å²) in [7, 11) is 0. The van der Waals surface area contributed by atoms with E-state index < -0.39 is 0 Å². The monoisotopic (exact) mass is 883 g/mol. The first-order chi connectivity index (χ1) is 30.4. The molecule has 0 unspecified atom stereocenters. The van der Waals surface area contributed by atoms with Gasteiger partial charge in [0.05, 0.1) is 0 Å². The Morgan fingerprint density at radius 1 is 0.531 bits per heavy atom. The maximum atomic E-state index is 13.4. The Labute approximate surface area is 393 Å². The zero-order valence-electron chi connectivity index (χ0n) is 43.4. The van der Waals surface area contributed by atoms with Gasteiger partial charge in [0.1, 0.15) is 12.2 Å². The summed E-state index contributed by atoms with van der Waals surface area (Å²) in [4.78, 5) is 26.8. The highest BCUT2D eigenvalue weighted by Gasteiger charge is 2.61. The van der Waals surface area contributed by atoms with Crippen molar-refractivity contribution in [2.75, 3.05) is 0 Å². The van der Waals surface area contributed by atoms with Crippen LogP contribution in [0.4, 0.5) is 0 Å². The van der Waals surface area contributed by atoms with E-state index in [2.05, 4.69) is 81.4 Å². The number of rotatable bonds is 16. The molecule has 8 aliphatic carbocycles. The molecule has 362 valence electrons. The summed E-state index contributed by atoms with van der Waals surface area (Å²) in [6, 6.07) is 0. The van der Waals surface area contributed by atoms with E-state index in [-0.39, 0.29) is 40.9 Å². The van der Waals surface area contributed by atoms with Gasteiger partial charge in [-0.2, -0.15) is 0 Å². The first-order valence-electron chi connectivity index (χ1n) is 28.1. The van der Waals surface area contributed by atoms with Gasteiger partial charge in [0.2, 0.25) is 0 Å². The summed E-state index contributed by atoms with van der Waals surface area (Å²) in [5.74, 6) is 9.66. The van der Waals surface area contributed by atoms with E-state index in [0.29, 0.717) is 23.7 Å². The second-order valence-electron chi connectivity index (χ2n) is 26.8. The van der Waals surface area contributed by atoms with Crippen molar-refractivity contribution in [1.29, 1.82) is 0 Å². The molecule has 0 saturated heterocycles. The van der Waals surface area contributed by atoms with Crippen molar-refractivity contribution >= 4 is 11.9 Å². The lowest BCUT2D eigenvalue weighted by Gasteiger charge is -2.58. The molecule has 4 nitrogen and oxygen atoms in total. The molecule has 0 amide bonds. The summed E-state index contributed by atoms with van der Waals surface area (Å²) in [6.45, 7) is 27.2. The van der Waals surface area contributed by atoms with Gasteiger partial charge in [0.25, 0.3) is 0 Å². The molecule has 6 fully saturated rings. The first-order valence-corrected chi connectivity index (χ1v) is 28.1. The van der Waals surface area contributed by atoms with E-state index in [1.54, 1.807) is 11.1 Å². The highest BCUT2D eigenvalue weighted by molar-refractivity contribution is 5.73. The minimum Gasteiger partial charge on any atom is -0.462 e. The topological polar surface area (TPSA) is 52.6 Å². The van der Waals surface area contributed by atoms with Gasteiger partial charge >= 0.3 is 11.9 Å². The predicted molar refractivity (Wildman–Crippen MR) is 264 cm³/mol. The minimum absolute atomic E-state index is 0.0324. The fourth-order valence-corrected chi connectivity index (χ4v) is 18.6. The van der Waals surface area contributed by atoms with Crippen LogP contribution in [0.5, 0.6) is 0 Å². The Balaban J connectivity index is 0.782. The number of carbonyl (C=O) groups is 2. The molecular weight excluding hydrogens is 785 g/mol. The van der Waals surface area contributed by atoms with Crippen LogP contribution in [0, 0.1) is 98.6 Å². The van der Waals surface area contributed by atoms with E-state index in [0.717, 1.165) is 110 Å². The van der Waals surface area contributed by atoms with Crippen LogP contribution in [0.25, 0.3) is 0 Å². The number of hydrogen-bond donors (Lipinski definition) is 0. The average molecular weight is 883 g/mol. The Hall–Kier alpha value is -1.58. The molecule has 0 bridgehead atoms. The van der Waals surface area contributed by atoms with E-state index in [1.807, 2.05) is 6.92 Å². The van der Waals surface area contributed by atoms with E-state index in [4.69, 9.17) is 9.47 Å². The van der Waals surface area contributed by atoms with E-state index >= 15 is 0 Å². The maximum Gasteiger partial charge on any atom is 0.306 e. The molecule has 64 heavy (non-hydrogen) atoms. The van der Waals surface area contributed by atoms with Crippen LogP contribution in [-0.2, 0) is 19.1 Å². The lowest BCUT2D eigenvalue weighted by atomic mass is 9.47. The lowest BCUT2D eigenvalue weighted by Crippen LogP contribution is -2.51. The number of fused-ring (bicyclic) bond motifs is 10. The van der Waals surface area contributed by atoms with Crippen molar-refractivity contribution < 1.29 is 19.1 Å². The summed E-state index contributed by atoms with van der Waals surface area (Å²) in [5.41, 5.74) is 4.67. The summed E-state index contributed by atoms with van der Waals surface area (Å²) < 4.78 is 12.5. The van der Waals surface area contributed by atoms with Crippen molar-refractivity contribution in [3.05, 3.63) is 23.3 Å². The lowest BCUT2D eigenvalue weighted by molar-refractivity contribution is -0.155. The average Bonchev–Trinajstić information content (AvgIpc) is 3.77. The Kier molecular flexibility index (Phi) is 14.8. The van der Waals surface area contributed by atoms with Gasteiger partial charge in [0.15, 0.2) is 0 Å². The first kappa shape index (κ1) is 48.9. The van der Waals surface area contributed by atoms with E-state index in [1.165, 1.54) is 103 Å². The zero-order chi connectivity index (χ0) is 45.8. The van der Waals surface area contributed by atoms with Crippen LogP contribution in [0.15, 0.2) is 23.3 Å². The van der Waals surface area contributed by atoms with Gasteiger partial charge in [-0.05, 0) is 188 Å². The number of hydrogen-bond acceptors (Lipinski definition) is 4. The summed E-state index contributed by atoms with van der Waals surface area (Å²) >= 11 is 0. The van der Waals surface area contributed by atoms with Gasteiger partial charge < -0.3 is 9.47 Å². The molecule has 8 aliphatic rings. The third-order valence-electron chi connectivity index (χ3n) is 22.1. The van der Waals surface area contributed by atoms with Crippen LogP contribution in [0.3, 0.4) is 0 Å².